The van der Waals surface area contributed by atoms with Crippen LogP contribution in [0.1, 0.15) is 36.3 Å². The van der Waals surface area contributed by atoms with Gasteiger partial charge in [-0.2, -0.15) is 0 Å². The van der Waals surface area contributed by atoms with Crippen molar-refractivity contribution in [3.05, 3.63) is 53.2 Å². The Morgan fingerprint density at radius 1 is 1.19 bits per heavy atom. The molecule has 3 heterocycles. The third-order valence-corrected chi connectivity index (χ3v) is 5.41. The van der Waals surface area contributed by atoms with Crippen molar-refractivity contribution in [2.24, 2.45) is 5.73 Å². The summed E-state index contributed by atoms with van der Waals surface area (Å²) in [6.45, 7) is 3.83. The molecule has 0 amide bonds. The number of pyridine rings is 1. The summed E-state index contributed by atoms with van der Waals surface area (Å²) in [6.07, 6.45) is -2.49. The fourth-order valence-corrected chi connectivity index (χ4v) is 3.75. The van der Waals surface area contributed by atoms with Crippen LogP contribution in [-0.2, 0) is 0 Å². The number of hydrogen-bond acceptors (Lipinski definition) is 6. The van der Waals surface area contributed by atoms with Crippen LogP contribution in [0, 0.1) is 12.7 Å². The van der Waals surface area contributed by atoms with E-state index in [2.05, 4.69) is 20.3 Å². The number of nitrogens with one attached hydrogen (secondary N) is 1. The number of rotatable bonds is 5. The number of aryl methyl sites for hydroxylation is 1. The van der Waals surface area contributed by atoms with Crippen molar-refractivity contribution in [1.29, 1.82) is 0 Å². The summed E-state index contributed by atoms with van der Waals surface area (Å²) in [5, 5.41) is 3.70. The smallest absolute Gasteiger partial charge is 0.266 e. The van der Waals surface area contributed by atoms with Gasteiger partial charge in [0.2, 0.25) is 0 Å². The van der Waals surface area contributed by atoms with E-state index in [0.29, 0.717) is 34.9 Å². The molecule has 0 aliphatic carbocycles. The highest BCUT2D eigenvalue weighted by molar-refractivity contribution is 5.90. The highest BCUT2D eigenvalue weighted by Crippen LogP contribution is 2.31. The minimum atomic E-state index is -2.91. The van der Waals surface area contributed by atoms with Crippen LogP contribution in [0.2, 0.25) is 0 Å². The van der Waals surface area contributed by atoms with Crippen LogP contribution >= 0.6 is 12.4 Å². The van der Waals surface area contributed by atoms with E-state index >= 15 is 0 Å². The quantitative estimate of drug-likeness (QED) is 0.535. The monoisotopic (exact) mass is 470 g/mol. The van der Waals surface area contributed by atoms with Gasteiger partial charge in [0.05, 0.1) is 35.9 Å². The molecule has 2 aromatic heterocycles. The van der Waals surface area contributed by atoms with E-state index in [0.717, 1.165) is 6.07 Å². The summed E-state index contributed by atoms with van der Waals surface area (Å²) in [4.78, 5) is 14.9. The van der Waals surface area contributed by atoms with Crippen molar-refractivity contribution in [3.63, 3.8) is 0 Å². The van der Waals surface area contributed by atoms with Gasteiger partial charge in [0.1, 0.15) is 29.4 Å². The maximum absolute atomic E-state index is 14.6. The number of halogens is 5. The zero-order chi connectivity index (χ0) is 22.3. The first-order valence-corrected chi connectivity index (χ1v) is 9.86. The molecule has 1 fully saturated rings. The fraction of sp³-hybridized carbons (Fsp3) is 0.381. The lowest BCUT2D eigenvalue weighted by atomic mass is 10.0. The van der Waals surface area contributed by atoms with E-state index in [1.165, 1.54) is 12.1 Å². The summed E-state index contributed by atoms with van der Waals surface area (Å²) in [5.74, 6) is 0.443. The summed E-state index contributed by atoms with van der Waals surface area (Å²) in [5.41, 5.74) is 5.78. The van der Waals surface area contributed by atoms with Crippen molar-refractivity contribution in [3.8, 4) is 0 Å². The van der Waals surface area contributed by atoms with E-state index in [-0.39, 0.29) is 24.5 Å². The molecule has 3 aromatic rings. The Balaban J connectivity index is 0.00000289. The third kappa shape index (κ3) is 4.56. The number of anilines is 2. The fourth-order valence-electron chi connectivity index (χ4n) is 3.75. The molecule has 3 N–H and O–H groups in total. The van der Waals surface area contributed by atoms with Crippen molar-refractivity contribution in [2.75, 3.05) is 23.3 Å². The molecule has 6 nitrogen and oxygen atoms in total. The van der Waals surface area contributed by atoms with Gasteiger partial charge in [-0.05, 0) is 19.9 Å². The molecule has 4 rings (SSSR count). The summed E-state index contributed by atoms with van der Waals surface area (Å²) in [7, 11) is 0. The molecule has 0 saturated carbocycles. The number of nitrogens with two attached hydrogens (primary N) is 1. The van der Waals surface area contributed by atoms with Crippen LogP contribution in [0.15, 0.2) is 30.5 Å². The largest absolute Gasteiger partial charge is 0.363 e. The van der Waals surface area contributed by atoms with Crippen molar-refractivity contribution < 1.29 is 17.6 Å². The van der Waals surface area contributed by atoms with Crippen molar-refractivity contribution >= 4 is 34.9 Å². The summed E-state index contributed by atoms with van der Waals surface area (Å²) < 4.78 is 54.6. The molecule has 1 aliphatic heterocycles. The SMILES string of the molecule is Cc1nc(N[C@H](C)c2cccc(C(F)F)c2F)c2cc(N3C[C@@H](F)[C@@H](N)C3)ncc2n1.Cl. The molecule has 11 heteroatoms. The number of fused-ring (bicyclic) bond motifs is 1. The van der Waals surface area contributed by atoms with Crippen molar-refractivity contribution in [2.45, 2.75) is 38.5 Å². The first kappa shape index (κ1) is 23.9. The van der Waals surface area contributed by atoms with Gasteiger partial charge in [-0.25, -0.2) is 32.5 Å². The van der Waals surface area contributed by atoms with Crippen LogP contribution in [-0.4, -0.2) is 40.3 Å². The van der Waals surface area contributed by atoms with Gasteiger partial charge in [0, 0.05) is 17.5 Å². The lowest BCUT2D eigenvalue weighted by Gasteiger charge is -2.20. The Morgan fingerprint density at radius 2 is 1.91 bits per heavy atom. The van der Waals surface area contributed by atoms with Crippen LogP contribution in [0.3, 0.4) is 0 Å². The maximum atomic E-state index is 14.6. The van der Waals surface area contributed by atoms with Gasteiger partial charge in [0.25, 0.3) is 6.43 Å². The second-order valence-corrected chi connectivity index (χ2v) is 7.68. The second kappa shape index (κ2) is 9.41. The molecule has 1 saturated heterocycles. The molecule has 0 spiro atoms. The summed E-state index contributed by atoms with van der Waals surface area (Å²) in [6, 6.07) is 4.40. The number of aromatic nitrogens is 3. The Labute approximate surface area is 188 Å². The zero-order valence-electron chi connectivity index (χ0n) is 17.4. The Bertz CT molecular complexity index is 1110. The van der Waals surface area contributed by atoms with E-state index in [1.807, 2.05) is 0 Å². The van der Waals surface area contributed by atoms with E-state index in [1.54, 1.807) is 31.0 Å². The third-order valence-electron chi connectivity index (χ3n) is 5.41. The van der Waals surface area contributed by atoms with Gasteiger partial charge in [-0.1, -0.05) is 18.2 Å². The van der Waals surface area contributed by atoms with Gasteiger partial charge in [-0.3, -0.25) is 0 Å². The average Bonchev–Trinajstić information content (AvgIpc) is 3.06. The van der Waals surface area contributed by atoms with Gasteiger partial charge in [-0.15, -0.1) is 12.4 Å². The van der Waals surface area contributed by atoms with Crippen LogP contribution in [0.25, 0.3) is 10.9 Å². The first-order valence-electron chi connectivity index (χ1n) is 9.86. The lowest BCUT2D eigenvalue weighted by Crippen LogP contribution is -2.30. The number of nitrogens with zero attached hydrogens (tertiary/aromatic N) is 4. The van der Waals surface area contributed by atoms with Crippen LogP contribution < -0.4 is 16.0 Å². The summed E-state index contributed by atoms with van der Waals surface area (Å²) >= 11 is 0. The molecule has 172 valence electrons. The van der Waals surface area contributed by atoms with E-state index in [9.17, 15) is 17.6 Å². The molecular weight excluding hydrogens is 448 g/mol. The minimum Gasteiger partial charge on any atom is -0.363 e. The molecule has 1 aromatic carbocycles. The predicted octanol–water partition coefficient (Wildman–Crippen LogP) is 4.49. The van der Waals surface area contributed by atoms with E-state index < -0.39 is 36.1 Å². The Morgan fingerprint density at radius 3 is 2.56 bits per heavy atom. The number of benzene rings is 1. The van der Waals surface area contributed by atoms with Crippen LogP contribution in [0.4, 0.5) is 29.2 Å². The number of hydrogen-bond donors (Lipinski definition) is 2. The first-order chi connectivity index (χ1) is 14.7. The molecular formula is C21H23ClF4N6. The van der Waals surface area contributed by atoms with Gasteiger partial charge >= 0.3 is 0 Å². The second-order valence-electron chi connectivity index (χ2n) is 7.68. The average molecular weight is 471 g/mol. The maximum Gasteiger partial charge on any atom is 0.266 e. The molecule has 1 aliphatic rings. The number of alkyl halides is 3. The van der Waals surface area contributed by atoms with Gasteiger partial charge < -0.3 is 16.0 Å². The minimum absolute atomic E-state index is 0. The zero-order valence-corrected chi connectivity index (χ0v) is 18.2. The van der Waals surface area contributed by atoms with E-state index in [4.69, 9.17) is 5.73 Å². The molecule has 3 atom stereocenters. The Kier molecular flexibility index (Phi) is 7.04. The highest BCUT2D eigenvalue weighted by atomic mass is 35.5. The van der Waals surface area contributed by atoms with Crippen LogP contribution in [0.5, 0.6) is 0 Å². The lowest BCUT2D eigenvalue weighted by molar-refractivity contribution is 0.146. The van der Waals surface area contributed by atoms with Gasteiger partial charge in [0.15, 0.2) is 0 Å². The normalized spacial score (nSPS) is 19.3. The standard InChI is InChI=1S/C21H22F4N6.ClH/c1-10(12-4-3-5-13(19(12)23)20(24)25)28-21-14-6-18(31-8-15(22)16(26)9-31)27-7-17(14)29-11(2)30-21;/h3-7,10,15-16,20H,8-9,26H2,1-2H3,(H,28,29,30);1H/t10-,15-,16+;/m1./s1. The van der Waals surface area contributed by atoms with Crippen molar-refractivity contribution in [1.82, 2.24) is 15.0 Å². The Hall–Kier alpha value is -2.72. The highest BCUT2D eigenvalue weighted by Gasteiger charge is 2.31. The molecule has 0 bridgehead atoms. The predicted molar refractivity (Wildman–Crippen MR) is 118 cm³/mol. The molecule has 32 heavy (non-hydrogen) atoms. The molecule has 0 radical (unpaired) electrons. The molecule has 0 unspecified atom stereocenters. The topological polar surface area (TPSA) is 80.0 Å².